The van der Waals surface area contributed by atoms with E-state index in [2.05, 4.69) is 36.6 Å². The fraction of sp³-hybridized carbons (Fsp3) is 0.200. The third-order valence-corrected chi connectivity index (χ3v) is 5.51. The Hall–Kier alpha value is -1.83. The van der Waals surface area contributed by atoms with Gasteiger partial charge in [-0.05, 0) is 62.2 Å². The van der Waals surface area contributed by atoms with E-state index in [1.165, 1.54) is 7.11 Å². The van der Waals surface area contributed by atoms with Crippen LogP contribution in [0.2, 0.25) is 5.02 Å². The second-order valence-corrected chi connectivity index (χ2v) is 8.00. The summed E-state index contributed by atoms with van der Waals surface area (Å²) in [5, 5.41) is 1.20. The Kier molecular flexibility index (Phi) is 6.47. The van der Waals surface area contributed by atoms with Gasteiger partial charge in [-0.1, -0.05) is 18.5 Å². The molecule has 0 fully saturated rings. The van der Waals surface area contributed by atoms with Crippen molar-refractivity contribution in [3.8, 4) is 5.75 Å². The molecule has 8 heteroatoms. The van der Waals surface area contributed by atoms with Crippen LogP contribution < -0.4 is 4.74 Å². The maximum absolute atomic E-state index is 13.3. The van der Waals surface area contributed by atoms with Crippen LogP contribution in [-0.2, 0) is 16.0 Å². The lowest BCUT2D eigenvalue weighted by Gasteiger charge is -2.11. The van der Waals surface area contributed by atoms with Crippen LogP contribution in [0.25, 0.3) is 11.0 Å². The lowest BCUT2D eigenvalue weighted by Crippen LogP contribution is -2.13. The Morgan fingerprint density at radius 3 is 2.43 bits per heavy atom. The Bertz CT molecular complexity index is 1050. The first-order valence-electron chi connectivity index (χ1n) is 8.30. The summed E-state index contributed by atoms with van der Waals surface area (Å²) in [4.78, 5) is 24.6. The van der Waals surface area contributed by atoms with Crippen molar-refractivity contribution in [1.29, 1.82) is 0 Å². The molecule has 0 atom stereocenters. The molecule has 0 aliphatic rings. The summed E-state index contributed by atoms with van der Waals surface area (Å²) in [6.07, 6.45) is 0.566. The van der Waals surface area contributed by atoms with Gasteiger partial charge in [0.2, 0.25) is 0 Å². The van der Waals surface area contributed by atoms with Gasteiger partial charge >= 0.3 is 5.97 Å². The van der Waals surface area contributed by atoms with Crippen LogP contribution in [0.3, 0.4) is 0 Å². The maximum Gasteiger partial charge on any atom is 0.343 e. The zero-order valence-electron chi connectivity index (χ0n) is 15.0. The predicted molar refractivity (Wildman–Crippen MR) is 113 cm³/mol. The highest BCUT2D eigenvalue weighted by Gasteiger charge is 2.23. The van der Waals surface area contributed by atoms with E-state index >= 15 is 0 Å². The average Bonchev–Trinajstić information content (AvgIpc) is 3.03. The Labute approximate surface area is 183 Å². The molecule has 0 bridgehead atoms. The molecule has 1 heterocycles. The van der Waals surface area contributed by atoms with Crippen molar-refractivity contribution in [2.75, 3.05) is 13.7 Å². The molecule has 0 aliphatic heterocycles. The first kappa shape index (κ1) is 20.9. The van der Waals surface area contributed by atoms with Crippen molar-refractivity contribution in [2.45, 2.75) is 13.3 Å². The summed E-state index contributed by atoms with van der Waals surface area (Å²) in [6, 6.07) is 8.49. The number of benzene rings is 2. The molecule has 0 N–H and O–H groups in total. The van der Waals surface area contributed by atoms with Gasteiger partial charge in [0, 0.05) is 22.4 Å². The van der Waals surface area contributed by atoms with Gasteiger partial charge in [-0.3, -0.25) is 4.79 Å². The summed E-state index contributed by atoms with van der Waals surface area (Å²) in [7, 11) is 1.28. The fourth-order valence-electron chi connectivity index (χ4n) is 2.78. The van der Waals surface area contributed by atoms with E-state index in [1.54, 1.807) is 30.3 Å². The molecule has 3 rings (SSSR count). The first-order chi connectivity index (χ1) is 13.3. The van der Waals surface area contributed by atoms with E-state index in [4.69, 9.17) is 20.8 Å². The standard InChI is InChI=1S/C20H15Br2ClO5/c1-3-15-18(12-8-11(23)4-5-16(12)28-15)19(25)10-6-13(21)20(14(22)7-10)27-9-17(24)26-2/h4-8H,3,9H2,1-2H3. The molecule has 0 unspecified atom stereocenters. The predicted octanol–water partition coefficient (Wildman–Crippen LogP) is 5.96. The molecular weight excluding hydrogens is 515 g/mol. The minimum absolute atomic E-state index is 0.196. The van der Waals surface area contributed by atoms with E-state index in [0.717, 1.165) is 0 Å². The highest BCUT2D eigenvalue weighted by Crippen LogP contribution is 2.37. The molecule has 0 saturated carbocycles. The van der Waals surface area contributed by atoms with Gasteiger partial charge in [-0.15, -0.1) is 0 Å². The molecule has 0 saturated heterocycles. The summed E-state index contributed by atoms with van der Waals surface area (Å²) in [5.41, 5.74) is 1.53. The summed E-state index contributed by atoms with van der Waals surface area (Å²) in [6.45, 7) is 1.68. The lowest BCUT2D eigenvalue weighted by atomic mass is 9.99. The fourth-order valence-corrected chi connectivity index (χ4v) is 4.37. The van der Waals surface area contributed by atoms with Crippen molar-refractivity contribution in [3.63, 3.8) is 0 Å². The number of furan rings is 1. The molecule has 28 heavy (non-hydrogen) atoms. The van der Waals surface area contributed by atoms with E-state index in [-0.39, 0.29) is 12.4 Å². The Morgan fingerprint density at radius 2 is 1.82 bits per heavy atom. The van der Waals surface area contributed by atoms with Gasteiger partial charge in [0.15, 0.2) is 12.4 Å². The SMILES string of the molecule is CCc1oc2ccc(Cl)cc2c1C(=O)c1cc(Br)c(OCC(=O)OC)c(Br)c1. The van der Waals surface area contributed by atoms with E-state index in [9.17, 15) is 9.59 Å². The van der Waals surface area contributed by atoms with E-state index < -0.39 is 5.97 Å². The number of halogens is 3. The van der Waals surface area contributed by atoms with Crippen molar-refractivity contribution in [1.82, 2.24) is 0 Å². The van der Waals surface area contributed by atoms with Gasteiger partial charge in [-0.25, -0.2) is 4.79 Å². The molecule has 0 spiro atoms. The average molecular weight is 531 g/mol. The molecule has 0 radical (unpaired) electrons. The molecule has 5 nitrogen and oxygen atoms in total. The highest BCUT2D eigenvalue weighted by molar-refractivity contribution is 9.11. The minimum atomic E-state index is -0.506. The minimum Gasteiger partial charge on any atom is -0.480 e. The van der Waals surface area contributed by atoms with Gasteiger partial charge in [0.1, 0.15) is 17.1 Å². The number of esters is 1. The molecule has 0 aliphatic carbocycles. The Balaban J connectivity index is 2.03. The third-order valence-electron chi connectivity index (χ3n) is 4.09. The summed E-state index contributed by atoms with van der Waals surface area (Å²) < 4.78 is 16.9. The first-order valence-corrected chi connectivity index (χ1v) is 10.3. The van der Waals surface area contributed by atoms with Crippen LogP contribution in [0.4, 0.5) is 0 Å². The number of carbonyl (C=O) groups is 2. The Morgan fingerprint density at radius 1 is 1.14 bits per heavy atom. The molecular formula is C20H15Br2ClO5. The number of rotatable bonds is 6. The van der Waals surface area contributed by atoms with Gasteiger partial charge in [0.05, 0.1) is 21.6 Å². The number of hydrogen-bond acceptors (Lipinski definition) is 5. The number of ether oxygens (including phenoxy) is 2. The number of fused-ring (bicyclic) bond motifs is 1. The number of ketones is 1. The zero-order chi connectivity index (χ0) is 20.4. The largest absolute Gasteiger partial charge is 0.480 e. The molecule has 1 aromatic heterocycles. The van der Waals surface area contributed by atoms with Crippen molar-refractivity contribution in [2.24, 2.45) is 0 Å². The van der Waals surface area contributed by atoms with Crippen LogP contribution in [0, 0.1) is 0 Å². The van der Waals surface area contributed by atoms with Crippen LogP contribution in [0.1, 0.15) is 28.6 Å². The monoisotopic (exact) mass is 528 g/mol. The number of carbonyl (C=O) groups excluding carboxylic acids is 2. The normalized spacial score (nSPS) is 10.9. The molecule has 3 aromatic rings. The third kappa shape index (κ3) is 4.11. The number of hydrogen-bond donors (Lipinski definition) is 0. The van der Waals surface area contributed by atoms with Gasteiger partial charge in [0.25, 0.3) is 0 Å². The number of aryl methyl sites for hydroxylation is 1. The summed E-state index contributed by atoms with van der Waals surface area (Å²) >= 11 is 12.9. The van der Waals surface area contributed by atoms with E-state index in [1.807, 2.05) is 6.92 Å². The second-order valence-electron chi connectivity index (χ2n) is 5.86. The molecule has 0 amide bonds. The van der Waals surface area contributed by atoms with Crippen LogP contribution in [-0.4, -0.2) is 25.5 Å². The van der Waals surface area contributed by atoms with Crippen LogP contribution in [0.15, 0.2) is 43.7 Å². The lowest BCUT2D eigenvalue weighted by molar-refractivity contribution is -0.142. The second kappa shape index (κ2) is 8.68. The maximum atomic E-state index is 13.3. The summed E-state index contributed by atoms with van der Waals surface area (Å²) in [5.74, 6) is 0.297. The number of methoxy groups -OCH3 is 1. The molecule has 2 aromatic carbocycles. The van der Waals surface area contributed by atoms with Crippen molar-refractivity contribution in [3.05, 3.63) is 61.2 Å². The van der Waals surface area contributed by atoms with Crippen LogP contribution >= 0.6 is 43.5 Å². The van der Waals surface area contributed by atoms with Crippen LogP contribution in [0.5, 0.6) is 5.75 Å². The highest BCUT2D eigenvalue weighted by atomic mass is 79.9. The van der Waals surface area contributed by atoms with Gasteiger partial charge in [-0.2, -0.15) is 0 Å². The van der Waals surface area contributed by atoms with Gasteiger partial charge < -0.3 is 13.9 Å². The molecule has 146 valence electrons. The van der Waals surface area contributed by atoms with E-state index in [0.29, 0.717) is 54.0 Å². The topological polar surface area (TPSA) is 65.7 Å². The zero-order valence-corrected chi connectivity index (χ0v) is 18.9. The quantitative estimate of drug-likeness (QED) is 0.291. The smallest absolute Gasteiger partial charge is 0.343 e. The van der Waals surface area contributed by atoms with Crippen molar-refractivity contribution >= 4 is 66.2 Å². The van der Waals surface area contributed by atoms with Crippen molar-refractivity contribution < 1.29 is 23.5 Å².